The van der Waals surface area contributed by atoms with Gasteiger partial charge in [0, 0.05) is 31.4 Å². The minimum Gasteiger partial charge on any atom is -0.351 e. The monoisotopic (exact) mass is 477 g/mol. The molecule has 34 heavy (non-hydrogen) atoms. The maximum Gasteiger partial charge on any atom is 0.252 e. The van der Waals surface area contributed by atoms with E-state index in [0.29, 0.717) is 17.2 Å². The van der Waals surface area contributed by atoms with E-state index in [1.807, 2.05) is 0 Å². The lowest BCUT2D eigenvalue weighted by atomic mass is 9.87. The van der Waals surface area contributed by atoms with Crippen molar-refractivity contribution in [3.05, 3.63) is 65.2 Å². The van der Waals surface area contributed by atoms with Crippen LogP contribution in [0.25, 0.3) is 0 Å². The summed E-state index contributed by atoms with van der Waals surface area (Å²) in [6.07, 6.45) is -0.857. The predicted octanol–water partition coefficient (Wildman–Crippen LogP) is 3.54. The molecule has 2 aromatic carbocycles. The molecule has 2 atom stereocenters. The van der Waals surface area contributed by atoms with E-state index < -0.39 is 60.3 Å². The number of carbonyl (C=O) groups is 3. The molecule has 0 aromatic heterocycles. The summed E-state index contributed by atoms with van der Waals surface area (Å²) in [5.74, 6) is -6.69. The van der Waals surface area contributed by atoms with Gasteiger partial charge in [0.05, 0.1) is 5.69 Å². The van der Waals surface area contributed by atoms with Gasteiger partial charge < -0.3 is 10.6 Å². The summed E-state index contributed by atoms with van der Waals surface area (Å²) in [4.78, 5) is 39.7. The normalized spacial score (nSPS) is 20.3. The third-order valence-corrected chi connectivity index (χ3v) is 6.08. The number of carbonyl (C=O) groups excluding carboxylic acids is 3. The summed E-state index contributed by atoms with van der Waals surface area (Å²) in [6, 6.07) is 5.84. The van der Waals surface area contributed by atoms with E-state index in [9.17, 15) is 31.9 Å². The van der Waals surface area contributed by atoms with E-state index in [4.69, 9.17) is 0 Å². The van der Waals surface area contributed by atoms with Crippen molar-refractivity contribution in [3.63, 3.8) is 0 Å². The molecule has 2 fully saturated rings. The van der Waals surface area contributed by atoms with E-state index in [2.05, 4.69) is 10.6 Å². The van der Waals surface area contributed by atoms with Crippen LogP contribution in [-0.4, -0.2) is 35.7 Å². The van der Waals surface area contributed by atoms with Gasteiger partial charge in [0.25, 0.3) is 11.8 Å². The highest BCUT2D eigenvalue weighted by molar-refractivity contribution is 6.06. The molecule has 0 spiro atoms. The maximum absolute atomic E-state index is 14.2. The van der Waals surface area contributed by atoms with Gasteiger partial charge in [-0.25, -0.2) is 17.6 Å². The van der Waals surface area contributed by atoms with Crippen molar-refractivity contribution in [2.24, 2.45) is 0 Å². The van der Waals surface area contributed by atoms with E-state index >= 15 is 0 Å². The zero-order chi connectivity index (χ0) is 24.6. The molecule has 2 aliphatic rings. The number of nitrogens with zero attached hydrogens (tertiary/aromatic N) is 1. The number of amides is 3. The van der Waals surface area contributed by atoms with Crippen LogP contribution in [0.15, 0.2) is 42.5 Å². The van der Waals surface area contributed by atoms with Crippen molar-refractivity contribution < 1.29 is 31.9 Å². The van der Waals surface area contributed by atoms with Crippen molar-refractivity contribution >= 4 is 23.4 Å². The summed E-state index contributed by atoms with van der Waals surface area (Å²) in [5.41, 5.74) is 0.728. The van der Waals surface area contributed by atoms with Gasteiger partial charge in [0.15, 0.2) is 0 Å². The van der Waals surface area contributed by atoms with Gasteiger partial charge in [-0.3, -0.25) is 19.3 Å². The lowest BCUT2D eigenvalue weighted by Gasteiger charge is -2.38. The minimum atomic E-state index is -2.88. The number of nitrogens with one attached hydrogen (secondary N) is 2. The number of aryl methyl sites for hydroxylation is 1. The zero-order valence-corrected chi connectivity index (χ0v) is 18.3. The SMILES string of the molecule is Cc1ccccc1C(C(=O)NC1CC(F)(F)C1)N(C(=O)C1CCC(=O)N1)c1cc(F)cc(F)c1. The largest absolute Gasteiger partial charge is 0.351 e. The number of hydrogen-bond donors (Lipinski definition) is 2. The van der Waals surface area contributed by atoms with Gasteiger partial charge in [0.2, 0.25) is 11.8 Å². The van der Waals surface area contributed by atoms with Crippen molar-refractivity contribution in [1.29, 1.82) is 0 Å². The minimum absolute atomic E-state index is 0.0835. The number of benzene rings is 2. The Bertz CT molecular complexity index is 1110. The number of rotatable bonds is 6. The van der Waals surface area contributed by atoms with Crippen LogP contribution in [0.4, 0.5) is 23.2 Å². The Labute approximate surface area is 193 Å². The Morgan fingerprint density at radius 2 is 1.76 bits per heavy atom. The van der Waals surface area contributed by atoms with Crippen LogP contribution < -0.4 is 15.5 Å². The fraction of sp³-hybridized carbons (Fsp3) is 0.375. The number of hydrogen-bond acceptors (Lipinski definition) is 3. The molecule has 1 saturated heterocycles. The maximum atomic E-state index is 14.2. The van der Waals surface area contributed by atoms with Crippen LogP contribution in [0.1, 0.15) is 42.9 Å². The van der Waals surface area contributed by atoms with Gasteiger partial charge in [-0.05, 0) is 36.6 Å². The fourth-order valence-corrected chi connectivity index (χ4v) is 4.38. The first-order valence-electron chi connectivity index (χ1n) is 10.9. The highest BCUT2D eigenvalue weighted by Gasteiger charge is 2.47. The summed E-state index contributed by atoms with van der Waals surface area (Å²) >= 11 is 0. The molecule has 180 valence electrons. The third kappa shape index (κ3) is 4.90. The summed E-state index contributed by atoms with van der Waals surface area (Å²) in [7, 11) is 0. The van der Waals surface area contributed by atoms with Crippen molar-refractivity contribution in [2.45, 2.75) is 56.7 Å². The van der Waals surface area contributed by atoms with Crippen LogP contribution in [0, 0.1) is 18.6 Å². The van der Waals surface area contributed by atoms with Gasteiger partial charge in [-0.2, -0.15) is 0 Å². The molecule has 2 N–H and O–H groups in total. The molecule has 0 radical (unpaired) electrons. The zero-order valence-electron chi connectivity index (χ0n) is 18.3. The van der Waals surface area contributed by atoms with Crippen molar-refractivity contribution in [1.82, 2.24) is 10.6 Å². The summed E-state index contributed by atoms with van der Waals surface area (Å²) in [5, 5.41) is 5.06. The quantitative estimate of drug-likeness (QED) is 0.625. The Morgan fingerprint density at radius 1 is 1.12 bits per heavy atom. The molecule has 2 unspecified atom stereocenters. The molecule has 0 bridgehead atoms. The van der Waals surface area contributed by atoms with Crippen LogP contribution in [0.2, 0.25) is 0 Å². The molecular weight excluding hydrogens is 454 g/mol. The van der Waals surface area contributed by atoms with E-state index in [0.717, 1.165) is 17.0 Å². The second kappa shape index (κ2) is 9.08. The number of anilines is 1. The fourth-order valence-electron chi connectivity index (χ4n) is 4.38. The molecule has 1 heterocycles. The van der Waals surface area contributed by atoms with Crippen LogP contribution in [0.3, 0.4) is 0 Å². The molecule has 4 rings (SSSR count). The number of halogens is 4. The molecule has 2 aromatic rings. The second-order valence-electron chi connectivity index (χ2n) is 8.72. The first-order chi connectivity index (χ1) is 16.0. The lowest BCUT2D eigenvalue weighted by molar-refractivity contribution is -0.133. The molecule has 10 heteroatoms. The van der Waals surface area contributed by atoms with Crippen LogP contribution in [0.5, 0.6) is 0 Å². The summed E-state index contributed by atoms with van der Waals surface area (Å²) in [6.45, 7) is 1.69. The molecule has 3 amide bonds. The first kappa shape index (κ1) is 23.7. The van der Waals surface area contributed by atoms with E-state index in [1.165, 1.54) is 0 Å². The summed E-state index contributed by atoms with van der Waals surface area (Å²) < 4.78 is 55.1. The number of alkyl halides is 2. The average Bonchev–Trinajstić information content (AvgIpc) is 3.16. The van der Waals surface area contributed by atoms with Gasteiger partial charge in [-0.1, -0.05) is 24.3 Å². The second-order valence-corrected chi connectivity index (χ2v) is 8.72. The van der Waals surface area contributed by atoms with Gasteiger partial charge in [0.1, 0.15) is 23.7 Å². The molecule has 1 aliphatic heterocycles. The van der Waals surface area contributed by atoms with Gasteiger partial charge >= 0.3 is 0 Å². The lowest BCUT2D eigenvalue weighted by Crippen LogP contribution is -2.55. The van der Waals surface area contributed by atoms with E-state index in [-0.39, 0.29) is 24.4 Å². The Morgan fingerprint density at radius 3 is 2.32 bits per heavy atom. The highest BCUT2D eigenvalue weighted by Crippen LogP contribution is 2.38. The van der Waals surface area contributed by atoms with E-state index in [1.54, 1.807) is 31.2 Å². The van der Waals surface area contributed by atoms with Crippen molar-refractivity contribution in [3.8, 4) is 0 Å². The Balaban J connectivity index is 1.79. The topological polar surface area (TPSA) is 78.5 Å². The standard InChI is InChI=1S/C24H23F4N3O3/c1-13-4-2-3-5-18(13)21(22(33)29-16-11-24(27,28)12-16)31(17-9-14(25)8-15(26)10-17)23(34)19-6-7-20(32)30-19/h2-5,8-10,16,19,21H,6-7,11-12H2,1H3,(H,29,33)(H,30,32). The molecule has 6 nitrogen and oxygen atoms in total. The predicted molar refractivity (Wildman–Crippen MR) is 115 cm³/mol. The van der Waals surface area contributed by atoms with Crippen LogP contribution in [-0.2, 0) is 14.4 Å². The van der Waals surface area contributed by atoms with Crippen LogP contribution >= 0.6 is 0 Å². The first-order valence-corrected chi connectivity index (χ1v) is 10.9. The average molecular weight is 477 g/mol. The Kier molecular flexibility index (Phi) is 6.33. The molecule has 1 saturated carbocycles. The molecular formula is C24H23F4N3O3. The highest BCUT2D eigenvalue weighted by atomic mass is 19.3. The van der Waals surface area contributed by atoms with Gasteiger partial charge in [-0.15, -0.1) is 0 Å². The van der Waals surface area contributed by atoms with Crippen molar-refractivity contribution in [2.75, 3.05) is 4.90 Å². The third-order valence-electron chi connectivity index (χ3n) is 6.08. The Hall–Kier alpha value is -3.43. The smallest absolute Gasteiger partial charge is 0.252 e. The molecule has 1 aliphatic carbocycles.